The van der Waals surface area contributed by atoms with Gasteiger partial charge in [0.2, 0.25) is 10.0 Å². The SMILES string of the molecule is CCN(C(C)C)S(=O)(=O)c1c(F)cc(N)cc1F. The number of benzene rings is 1. The van der Waals surface area contributed by atoms with Crippen LogP contribution >= 0.6 is 0 Å². The molecule has 0 heterocycles. The molecule has 1 aromatic rings. The van der Waals surface area contributed by atoms with Crippen molar-refractivity contribution >= 4 is 15.7 Å². The Labute approximate surface area is 105 Å². The van der Waals surface area contributed by atoms with Gasteiger partial charge in [-0.05, 0) is 26.0 Å². The minimum atomic E-state index is -4.20. The van der Waals surface area contributed by atoms with E-state index in [-0.39, 0.29) is 12.2 Å². The van der Waals surface area contributed by atoms with Gasteiger partial charge >= 0.3 is 0 Å². The third-order valence-corrected chi connectivity index (χ3v) is 4.68. The third-order valence-electron chi connectivity index (χ3n) is 2.47. The fraction of sp³-hybridized carbons (Fsp3) is 0.455. The van der Waals surface area contributed by atoms with E-state index in [2.05, 4.69) is 0 Å². The highest BCUT2D eigenvalue weighted by Crippen LogP contribution is 2.26. The van der Waals surface area contributed by atoms with E-state index in [0.29, 0.717) is 0 Å². The van der Waals surface area contributed by atoms with Crippen LogP contribution in [0, 0.1) is 11.6 Å². The Morgan fingerprint density at radius 2 is 1.72 bits per heavy atom. The molecule has 0 amide bonds. The van der Waals surface area contributed by atoms with Crippen LogP contribution in [0.1, 0.15) is 20.8 Å². The lowest BCUT2D eigenvalue weighted by molar-refractivity contribution is 0.363. The van der Waals surface area contributed by atoms with E-state index in [1.165, 1.54) is 0 Å². The first-order valence-corrected chi connectivity index (χ1v) is 6.92. The summed E-state index contributed by atoms with van der Waals surface area (Å²) < 4.78 is 52.6. The number of halogens is 2. The van der Waals surface area contributed by atoms with Crippen LogP contribution in [-0.2, 0) is 10.0 Å². The molecule has 2 N–H and O–H groups in total. The molecule has 1 rings (SSSR count). The van der Waals surface area contributed by atoms with Crippen LogP contribution in [0.4, 0.5) is 14.5 Å². The lowest BCUT2D eigenvalue weighted by Crippen LogP contribution is -2.37. The Morgan fingerprint density at radius 3 is 2.06 bits per heavy atom. The molecule has 0 aliphatic heterocycles. The molecule has 7 heteroatoms. The predicted molar refractivity (Wildman–Crippen MR) is 65.5 cm³/mol. The standard InChI is InChI=1S/C11H16F2N2O2S/c1-4-15(7(2)3)18(16,17)11-9(12)5-8(14)6-10(11)13/h5-7H,4,14H2,1-3H3. The van der Waals surface area contributed by atoms with E-state index in [1.54, 1.807) is 20.8 Å². The molecule has 18 heavy (non-hydrogen) atoms. The second-order valence-electron chi connectivity index (χ2n) is 4.12. The summed E-state index contributed by atoms with van der Waals surface area (Å²) in [6.07, 6.45) is 0. The van der Waals surface area contributed by atoms with Crippen molar-refractivity contribution in [3.63, 3.8) is 0 Å². The first-order valence-electron chi connectivity index (χ1n) is 5.48. The maximum atomic E-state index is 13.6. The lowest BCUT2D eigenvalue weighted by atomic mass is 10.3. The molecule has 0 aromatic heterocycles. The second-order valence-corrected chi connectivity index (χ2v) is 5.94. The number of nitrogen functional groups attached to an aromatic ring is 1. The molecule has 0 aliphatic carbocycles. The summed E-state index contributed by atoms with van der Waals surface area (Å²) in [5.74, 6) is -2.35. The zero-order valence-corrected chi connectivity index (χ0v) is 11.3. The lowest BCUT2D eigenvalue weighted by Gasteiger charge is -2.24. The molecular formula is C11H16F2N2O2S. The van der Waals surface area contributed by atoms with Crippen molar-refractivity contribution in [3.8, 4) is 0 Å². The van der Waals surface area contributed by atoms with E-state index in [4.69, 9.17) is 5.73 Å². The highest BCUT2D eigenvalue weighted by molar-refractivity contribution is 7.89. The van der Waals surface area contributed by atoms with Gasteiger partial charge in [-0.2, -0.15) is 4.31 Å². The second kappa shape index (κ2) is 5.19. The van der Waals surface area contributed by atoms with Gasteiger partial charge in [0.15, 0.2) is 4.90 Å². The molecule has 0 saturated carbocycles. The minimum absolute atomic E-state index is 0.128. The van der Waals surface area contributed by atoms with Crippen molar-refractivity contribution in [3.05, 3.63) is 23.8 Å². The topological polar surface area (TPSA) is 63.4 Å². The summed E-state index contributed by atoms with van der Waals surface area (Å²) in [6, 6.07) is 1.20. The number of nitrogens with zero attached hydrogens (tertiary/aromatic N) is 1. The average molecular weight is 278 g/mol. The smallest absolute Gasteiger partial charge is 0.249 e. The molecule has 0 saturated heterocycles. The summed E-state index contributed by atoms with van der Waals surface area (Å²) in [7, 11) is -4.20. The van der Waals surface area contributed by atoms with Crippen LogP contribution in [-0.4, -0.2) is 25.3 Å². The molecule has 0 spiro atoms. The normalized spacial score (nSPS) is 12.4. The summed E-state index contributed by atoms with van der Waals surface area (Å²) in [5, 5.41) is 0. The number of hydrogen-bond acceptors (Lipinski definition) is 3. The molecule has 0 unspecified atom stereocenters. The Kier molecular flexibility index (Phi) is 4.28. The van der Waals surface area contributed by atoms with Crippen molar-refractivity contribution < 1.29 is 17.2 Å². The Bertz CT molecular complexity index is 521. The molecule has 0 atom stereocenters. The maximum absolute atomic E-state index is 13.6. The van der Waals surface area contributed by atoms with Crippen molar-refractivity contribution in [2.75, 3.05) is 12.3 Å². The average Bonchev–Trinajstić information content (AvgIpc) is 2.14. The predicted octanol–water partition coefficient (Wildman–Crippen LogP) is 1.97. The number of sulfonamides is 1. The number of anilines is 1. The van der Waals surface area contributed by atoms with Gasteiger partial charge in [-0.3, -0.25) is 0 Å². The van der Waals surface area contributed by atoms with Crippen LogP contribution in [0.25, 0.3) is 0 Å². The molecule has 0 aliphatic rings. The Balaban J connectivity index is 3.46. The fourth-order valence-electron chi connectivity index (χ4n) is 1.76. The van der Waals surface area contributed by atoms with Gasteiger partial charge in [0.05, 0.1) is 0 Å². The number of rotatable bonds is 4. The quantitative estimate of drug-likeness (QED) is 0.856. The maximum Gasteiger partial charge on any atom is 0.249 e. The van der Waals surface area contributed by atoms with E-state index >= 15 is 0 Å². The number of nitrogens with two attached hydrogens (primary N) is 1. The monoisotopic (exact) mass is 278 g/mol. The highest BCUT2D eigenvalue weighted by atomic mass is 32.2. The fourth-order valence-corrected chi connectivity index (χ4v) is 3.50. The number of hydrogen-bond donors (Lipinski definition) is 1. The van der Waals surface area contributed by atoms with Gasteiger partial charge in [0.25, 0.3) is 0 Å². The summed E-state index contributed by atoms with van der Waals surface area (Å²) in [6.45, 7) is 5.00. The molecule has 0 radical (unpaired) electrons. The van der Waals surface area contributed by atoms with E-state index < -0.39 is 32.6 Å². The molecule has 1 aromatic carbocycles. The third kappa shape index (κ3) is 2.62. The van der Waals surface area contributed by atoms with Gasteiger partial charge < -0.3 is 5.73 Å². The largest absolute Gasteiger partial charge is 0.399 e. The Hall–Kier alpha value is -1.21. The summed E-state index contributed by atoms with van der Waals surface area (Å²) >= 11 is 0. The highest BCUT2D eigenvalue weighted by Gasteiger charge is 2.31. The molecule has 4 nitrogen and oxygen atoms in total. The first-order chi connectivity index (χ1) is 8.21. The van der Waals surface area contributed by atoms with Gasteiger partial charge in [-0.25, -0.2) is 17.2 Å². The van der Waals surface area contributed by atoms with E-state index in [9.17, 15) is 17.2 Å². The van der Waals surface area contributed by atoms with Crippen molar-refractivity contribution in [1.29, 1.82) is 0 Å². The zero-order chi connectivity index (χ0) is 14.1. The summed E-state index contributed by atoms with van der Waals surface area (Å²) in [5.41, 5.74) is 5.10. The first kappa shape index (κ1) is 14.8. The molecule has 102 valence electrons. The van der Waals surface area contributed by atoms with Crippen LogP contribution in [0.2, 0.25) is 0 Å². The van der Waals surface area contributed by atoms with Crippen molar-refractivity contribution in [2.24, 2.45) is 0 Å². The van der Waals surface area contributed by atoms with Crippen molar-refractivity contribution in [2.45, 2.75) is 31.7 Å². The summed E-state index contributed by atoms with van der Waals surface area (Å²) in [4.78, 5) is -0.952. The van der Waals surface area contributed by atoms with E-state index in [0.717, 1.165) is 16.4 Å². The molecule has 0 fully saturated rings. The van der Waals surface area contributed by atoms with E-state index in [1.807, 2.05) is 0 Å². The van der Waals surface area contributed by atoms with Crippen LogP contribution in [0.15, 0.2) is 17.0 Å². The van der Waals surface area contributed by atoms with Crippen LogP contribution in [0.3, 0.4) is 0 Å². The van der Waals surface area contributed by atoms with Crippen LogP contribution < -0.4 is 5.73 Å². The van der Waals surface area contributed by atoms with Gasteiger partial charge in [0, 0.05) is 18.3 Å². The van der Waals surface area contributed by atoms with Crippen molar-refractivity contribution in [1.82, 2.24) is 4.31 Å². The minimum Gasteiger partial charge on any atom is -0.399 e. The van der Waals surface area contributed by atoms with Crippen LogP contribution in [0.5, 0.6) is 0 Å². The molecule has 0 bridgehead atoms. The zero-order valence-electron chi connectivity index (χ0n) is 10.4. The van der Waals surface area contributed by atoms with Gasteiger partial charge in [-0.1, -0.05) is 6.92 Å². The van der Waals surface area contributed by atoms with Gasteiger partial charge in [-0.15, -0.1) is 0 Å². The Morgan fingerprint density at radius 1 is 1.28 bits per heavy atom. The molecular weight excluding hydrogens is 262 g/mol. The van der Waals surface area contributed by atoms with Gasteiger partial charge in [0.1, 0.15) is 11.6 Å².